The number of rotatable bonds is 3. The van der Waals surface area contributed by atoms with Crippen LogP contribution in [-0.2, 0) is 19.0 Å². The summed E-state index contributed by atoms with van der Waals surface area (Å²) in [5, 5.41) is 0. The maximum atomic E-state index is 11.8. The quantitative estimate of drug-likeness (QED) is 0.579. The van der Waals surface area contributed by atoms with Crippen molar-refractivity contribution in [3.8, 4) is 0 Å². The van der Waals surface area contributed by atoms with Gasteiger partial charge in [-0.05, 0) is 13.8 Å². The van der Waals surface area contributed by atoms with Gasteiger partial charge in [0.25, 0.3) is 0 Å². The third-order valence-corrected chi connectivity index (χ3v) is 5.10. The molecule has 0 aromatic heterocycles. The van der Waals surface area contributed by atoms with Crippen LogP contribution in [0.25, 0.3) is 0 Å². The molecule has 18 heavy (non-hydrogen) atoms. The number of alkyl halides is 1. The lowest BCUT2D eigenvalue weighted by Gasteiger charge is -2.23. The molecule has 0 aromatic carbocycles. The Balaban J connectivity index is 1.98. The van der Waals surface area contributed by atoms with Gasteiger partial charge >= 0.3 is 0 Å². The predicted molar refractivity (Wildman–Crippen MR) is 65.5 cm³/mol. The van der Waals surface area contributed by atoms with E-state index in [0.29, 0.717) is 6.42 Å². The highest BCUT2D eigenvalue weighted by Crippen LogP contribution is 2.76. The number of carbonyl (C=O) groups is 1. The standard InChI is InChI=1S/C13H17ClO4/c1-5-7(16-4)10-13(18-11(2,3)17-10)8-6-9(15)12(8,13)14/h5,7-8,10H,1,6H2,2-4H3/t7?,8-,10?,12?,13?/m0/s1. The van der Waals surface area contributed by atoms with E-state index in [4.69, 9.17) is 25.8 Å². The smallest absolute Gasteiger partial charge is 0.164 e. The van der Waals surface area contributed by atoms with Crippen LogP contribution in [0.2, 0.25) is 0 Å². The van der Waals surface area contributed by atoms with E-state index in [1.807, 2.05) is 13.8 Å². The van der Waals surface area contributed by atoms with Gasteiger partial charge in [0.1, 0.15) is 22.7 Å². The molecule has 3 rings (SSSR count). The first-order chi connectivity index (χ1) is 8.33. The van der Waals surface area contributed by atoms with Crippen LogP contribution in [0.1, 0.15) is 20.3 Å². The maximum Gasteiger partial charge on any atom is 0.164 e. The zero-order valence-electron chi connectivity index (χ0n) is 10.7. The van der Waals surface area contributed by atoms with Crippen molar-refractivity contribution >= 4 is 17.4 Å². The summed E-state index contributed by atoms with van der Waals surface area (Å²) in [5.41, 5.74) is -0.746. The number of ketones is 1. The summed E-state index contributed by atoms with van der Waals surface area (Å²) in [4.78, 5) is 10.9. The third kappa shape index (κ3) is 1.15. The van der Waals surface area contributed by atoms with E-state index in [2.05, 4.69) is 6.58 Å². The van der Waals surface area contributed by atoms with Crippen LogP contribution < -0.4 is 0 Å². The molecule has 3 fully saturated rings. The van der Waals surface area contributed by atoms with E-state index in [0.717, 1.165) is 0 Å². The van der Waals surface area contributed by atoms with Crippen molar-refractivity contribution in [2.45, 2.75) is 48.7 Å². The molecule has 2 saturated carbocycles. The van der Waals surface area contributed by atoms with Gasteiger partial charge in [-0.15, -0.1) is 18.2 Å². The van der Waals surface area contributed by atoms with E-state index in [-0.39, 0.29) is 23.9 Å². The minimum atomic E-state index is -0.911. The largest absolute Gasteiger partial charge is 0.375 e. The molecule has 5 heteroatoms. The lowest BCUT2D eigenvalue weighted by atomic mass is 9.98. The highest BCUT2D eigenvalue weighted by atomic mass is 35.5. The number of fused-ring (bicyclic) bond motifs is 3. The molecule has 2 aliphatic carbocycles. The van der Waals surface area contributed by atoms with Crippen molar-refractivity contribution in [1.29, 1.82) is 0 Å². The van der Waals surface area contributed by atoms with E-state index >= 15 is 0 Å². The Bertz CT molecular complexity index is 435. The Morgan fingerprint density at radius 2 is 2.28 bits per heavy atom. The summed E-state index contributed by atoms with van der Waals surface area (Å²) in [6.07, 6.45) is 1.41. The van der Waals surface area contributed by atoms with Crippen molar-refractivity contribution in [3.63, 3.8) is 0 Å². The van der Waals surface area contributed by atoms with Gasteiger partial charge in [0.05, 0.1) is 0 Å². The van der Waals surface area contributed by atoms with E-state index < -0.39 is 16.3 Å². The van der Waals surface area contributed by atoms with Crippen LogP contribution >= 0.6 is 11.6 Å². The van der Waals surface area contributed by atoms with Gasteiger partial charge in [0.2, 0.25) is 0 Å². The Morgan fingerprint density at radius 1 is 1.61 bits per heavy atom. The average Bonchev–Trinajstić information content (AvgIpc) is 2.58. The Hall–Kier alpha value is -0.420. The molecular formula is C13H17ClO4. The second kappa shape index (κ2) is 3.37. The minimum Gasteiger partial charge on any atom is -0.375 e. The van der Waals surface area contributed by atoms with Crippen molar-refractivity contribution in [2.24, 2.45) is 5.92 Å². The van der Waals surface area contributed by atoms with E-state index in [1.54, 1.807) is 13.2 Å². The Morgan fingerprint density at radius 3 is 2.67 bits per heavy atom. The normalized spacial score (nSPS) is 49.7. The summed E-state index contributed by atoms with van der Waals surface area (Å²) in [6.45, 7) is 7.39. The molecule has 4 unspecified atom stereocenters. The SMILES string of the molecule is C=CC(OC)C1OC(C)(C)OC12[C@H]1CC(=O)C12Cl. The van der Waals surface area contributed by atoms with Crippen LogP contribution in [0.5, 0.6) is 0 Å². The van der Waals surface area contributed by atoms with Crippen molar-refractivity contribution < 1.29 is 19.0 Å². The van der Waals surface area contributed by atoms with Gasteiger partial charge in [-0.2, -0.15) is 0 Å². The zero-order chi connectivity index (χ0) is 13.3. The molecule has 1 saturated heterocycles. The molecule has 1 spiro atoms. The van der Waals surface area contributed by atoms with Gasteiger partial charge in [0.15, 0.2) is 11.6 Å². The fourth-order valence-corrected chi connectivity index (χ4v) is 4.04. The molecule has 0 bridgehead atoms. The average molecular weight is 273 g/mol. The van der Waals surface area contributed by atoms with Crippen LogP contribution in [0.4, 0.5) is 0 Å². The molecule has 3 aliphatic rings. The monoisotopic (exact) mass is 272 g/mol. The molecule has 0 amide bonds. The van der Waals surface area contributed by atoms with E-state index in [1.165, 1.54) is 0 Å². The number of carbonyl (C=O) groups excluding carboxylic acids is 1. The number of halogens is 1. The van der Waals surface area contributed by atoms with Crippen LogP contribution in [-0.4, -0.2) is 41.4 Å². The van der Waals surface area contributed by atoms with Gasteiger partial charge in [-0.3, -0.25) is 4.79 Å². The summed E-state index contributed by atoms with van der Waals surface area (Å²) in [5.74, 6) is -0.688. The second-order valence-electron chi connectivity index (χ2n) is 5.66. The molecule has 1 aliphatic heterocycles. The molecule has 4 nitrogen and oxygen atoms in total. The number of hydrogen-bond donors (Lipinski definition) is 0. The van der Waals surface area contributed by atoms with Crippen LogP contribution in [0.15, 0.2) is 12.7 Å². The first kappa shape index (κ1) is 12.6. The molecule has 1 heterocycles. The second-order valence-corrected chi connectivity index (χ2v) is 6.26. The molecule has 100 valence electrons. The van der Waals surface area contributed by atoms with Gasteiger partial charge in [-0.25, -0.2) is 0 Å². The molecule has 0 N–H and O–H groups in total. The van der Waals surface area contributed by atoms with E-state index in [9.17, 15) is 4.79 Å². The highest BCUT2D eigenvalue weighted by Gasteiger charge is 2.93. The first-order valence-electron chi connectivity index (χ1n) is 6.09. The number of hydrogen-bond acceptors (Lipinski definition) is 4. The zero-order valence-corrected chi connectivity index (χ0v) is 11.5. The fourth-order valence-electron chi connectivity index (χ4n) is 3.50. The number of methoxy groups -OCH3 is 1. The Labute approximate surface area is 111 Å². The summed E-state index contributed by atoms with van der Waals surface area (Å²) >= 11 is 6.43. The molecule has 0 radical (unpaired) electrons. The third-order valence-electron chi connectivity index (χ3n) is 4.33. The van der Waals surface area contributed by atoms with Crippen molar-refractivity contribution in [1.82, 2.24) is 0 Å². The van der Waals surface area contributed by atoms with Crippen LogP contribution in [0.3, 0.4) is 0 Å². The van der Waals surface area contributed by atoms with Gasteiger partial charge < -0.3 is 14.2 Å². The highest BCUT2D eigenvalue weighted by molar-refractivity contribution is 6.43. The topological polar surface area (TPSA) is 44.8 Å². The van der Waals surface area contributed by atoms with Crippen LogP contribution in [0, 0.1) is 5.92 Å². The summed E-state index contributed by atoms with van der Waals surface area (Å²) in [7, 11) is 1.59. The predicted octanol–water partition coefficient (Wildman–Crippen LogP) is 1.66. The number of ether oxygens (including phenoxy) is 3. The minimum absolute atomic E-state index is 0.0311. The number of Topliss-reactive ketones (excluding diaryl/α,β-unsaturated/α-hetero) is 1. The molecule has 5 atom stereocenters. The summed E-state index contributed by atoms with van der Waals surface area (Å²) < 4.78 is 17.3. The molecule has 0 aromatic rings. The first-order valence-corrected chi connectivity index (χ1v) is 6.47. The van der Waals surface area contributed by atoms with Crippen molar-refractivity contribution in [2.75, 3.05) is 7.11 Å². The lowest BCUT2D eigenvalue weighted by molar-refractivity contribution is -0.157. The molecular weight excluding hydrogens is 256 g/mol. The van der Waals surface area contributed by atoms with Crippen molar-refractivity contribution in [3.05, 3.63) is 12.7 Å². The fraction of sp³-hybridized carbons (Fsp3) is 0.769. The lowest BCUT2D eigenvalue weighted by Crippen LogP contribution is -2.42. The maximum absolute atomic E-state index is 11.8. The van der Waals surface area contributed by atoms with Gasteiger partial charge in [-0.1, -0.05) is 6.08 Å². The summed E-state index contributed by atoms with van der Waals surface area (Å²) in [6, 6.07) is 0. The van der Waals surface area contributed by atoms with Gasteiger partial charge in [0, 0.05) is 19.4 Å². The Kier molecular flexibility index (Phi) is 2.36.